The normalized spacial score (nSPS) is 9.85. The number of amides is 2. The molecule has 0 saturated heterocycles. The van der Waals surface area contributed by atoms with Crippen molar-refractivity contribution < 1.29 is 9.72 Å². The van der Waals surface area contributed by atoms with Crippen LogP contribution in [0.2, 0.25) is 0 Å². The molecule has 0 aliphatic carbocycles. The number of non-ortho nitro benzene ring substituents is 1. The molecule has 2 rings (SSSR count). The molecule has 102 valence electrons. The Bertz CT molecular complexity index is 661. The number of carbonyl (C=O) groups is 1. The number of hydrogen-bond donors (Lipinski definition) is 2. The number of nitrogens with one attached hydrogen (secondary N) is 2. The smallest absolute Gasteiger partial charge is 0.308 e. The molecule has 20 heavy (non-hydrogen) atoms. The minimum absolute atomic E-state index is 0.0722. The topological polar surface area (TPSA) is 84.3 Å². The summed E-state index contributed by atoms with van der Waals surface area (Å²) in [6.07, 6.45) is 0. The fraction of sp³-hybridized carbons (Fsp3) is 0. The predicted molar refractivity (Wildman–Crippen MR) is 84.9 cm³/mol. The predicted octanol–water partition coefficient (Wildman–Crippen LogP) is 3.84. The van der Waals surface area contributed by atoms with Gasteiger partial charge >= 0.3 is 6.03 Å². The molecule has 0 heterocycles. The number of carbonyl (C=O) groups excluding carboxylic acids is 1. The Morgan fingerprint density at radius 3 is 2.25 bits per heavy atom. The second-order valence-electron chi connectivity index (χ2n) is 3.90. The molecule has 0 spiro atoms. The largest absolute Gasteiger partial charge is 0.323 e. The number of nitro groups is 1. The molecule has 2 amide bonds. The number of rotatable bonds is 3. The fourth-order valence-corrected chi connectivity index (χ4v) is 2.10. The molecule has 0 aliphatic heterocycles. The molecule has 2 aromatic rings. The van der Waals surface area contributed by atoms with Crippen molar-refractivity contribution in [1.29, 1.82) is 0 Å². The average Bonchev–Trinajstić information content (AvgIpc) is 2.38. The molecule has 0 saturated carbocycles. The maximum Gasteiger partial charge on any atom is 0.323 e. The van der Waals surface area contributed by atoms with Crippen LogP contribution in [-0.4, -0.2) is 11.0 Å². The summed E-state index contributed by atoms with van der Waals surface area (Å²) in [6.45, 7) is 0. The van der Waals surface area contributed by atoms with Gasteiger partial charge in [-0.3, -0.25) is 10.1 Å². The Labute approximate surface area is 128 Å². The van der Waals surface area contributed by atoms with E-state index in [4.69, 9.17) is 0 Å². The van der Waals surface area contributed by atoms with Gasteiger partial charge in [0.25, 0.3) is 5.69 Å². The molecule has 0 unspecified atom stereocenters. The summed E-state index contributed by atoms with van der Waals surface area (Å²) in [6, 6.07) is 12.6. The van der Waals surface area contributed by atoms with Crippen molar-refractivity contribution in [2.75, 3.05) is 10.6 Å². The van der Waals surface area contributed by atoms with E-state index in [2.05, 4.69) is 33.2 Å². The van der Waals surface area contributed by atoms with Crippen LogP contribution in [0.4, 0.5) is 21.9 Å². The van der Waals surface area contributed by atoms with E-state index in [9.17, 15) is 14.9 Å². The highest BCUT2D eigenvalue weighted by atomic mass is 127. The molecule has 7 heteroatoms. The Morgan fingerprint density at radius 2 is 1.65 bits per heavy atom. The van der Waals surface area contributed by atoms with E-state index in [0.29, 0.717) is 11.4 Å². The van der Waals surface area contributed by atoms with E-state index < -0.39 is 11.0 Å². The third-order valence-electron chi connectivity index (χ3n) is 2.40. The number of urea groups is 1. The molecule has 0 atom stereocenters. The number of anilines is 2. The summed E-state index contributed by atoms with van der Waals surface area (Å²) in [5.74, 6) is 0. The molecule has 0 aromatic heterocycles. The van der Waals surface area contributed by atoms with E-state index in [1.807, 2.05) is 18.2 Å². The quantitative estimate of drug-likeness (QED) is 0.480. The SMILES string of the molecule is O=C(Nc1cccc(I)c1)Nc1cccc([N+](=O)[O-])c1. The number of benzene rings is 2. The first-order valence-electron chi connectivity index (χ1n) is 5.62. The molecule has 6 nitrogen and oxygen atoms in total. The lowest BCUT2D eigenvalue weighted by Gasteiger charge is -2.07. The van der Waals surface area contributed by atoms with Gasteiger partial charge in [-0.25, -0.2) is 4.79 Å². The Morgan fingerprint density at radius 1 is 1.05 bits per heavy atom. The maximum absolute atomic E-state index is 11.8. The third kappa shape index (κ3) is 3.92. The van der Waals surface area contributed by atoms with Gasteiger partial charge in [0.2, 0.25) is 0 Å². The number of nitrogens with zero attached hydrogens (tertiary/aromatic N) is 1. The molecule has 0 aliphatic rings. The van der Waals surface area contributed by atoms with Gasteiger partial charge in [0.05, 0.1) is 4.92 Å². The van der Waals surface area contributed by atoms with E-state index in [1.54, 1.807) is 12.1 Å². The van der Waals surface area contributed by atoms with Crippen LogP contribution in [0, 0.1) is 13.7 Å². The van der Waals surface area contributed by atoms with Crippen LogP contribution in [0.3, 0.4) is 0 Å². The lowest BCUT2D eigenvalue weighted by molar-refractivity contribution is -0.384. The molecule has 0 fully saturated rings. The number of hydrogen-bond acceptors (Lipinski definition) is 3. The fourth-order valence-electron chi connectivity index (χ4n) is 1.56. The minimum Gasteiger partial charge on any atom is -0.308 e. The first kappa shape index (κ1) is 14.3. The van der Waals surface area contributed by atoms with Crippen LogP contribution in [-0.2, 0) is 0 Å². The maximum atomic E-state index is 11.8. The first-order chi connectivity index (χ1) is 9.54. The van der Waals surface area contributed by atoms with Gasteiger partial charge in [-0.1, -0.05) is 12.1 Å². The highest BCUT2D eigenvalue weighted by Gasteiger charge is 2.08. The highest BCUT2D eigenvalue weighted by Crippen LogP contribution is 2.18. The van der Waals surface area contributed by atoms with Gasteiger partial charge in [-0.05, 0) is 46.9 Å². The lowest BCUT2D eigenvalue weighted by Crippen LogP contribution is -2.19. The van der Waals surface area contributed by atoms with Crippen LogP contribution in [0.5, 0.6) is 0 Å². The summed E-state index contributed by atoms with van der Waals surface area (Å²) >= 11 is 2.14. The molecule has 2 N–H and O–H groups in total. The molecule has 0 radical (unpaired) electrons. The van der Waals surface area contributed by atoms with Gasteiger partial charge in [-0.2, -0.15) is 0 Å². The van der Waals surface area contributed by atoms with Gasteiger partial charge in [-0.15, -0.1) is 0 Å². The Hall–Kier alpha value is -2.16. The van der Waals surface area contributed by atoms with Gasteiger partial charge < -0.3 is 10.6 Å². The van der Waals surface area contributed by atoms with Crippen LogP contribution in [0.1, 0.15) is 0 Å². The monoisotopic (exact) mass is 383 g/mol. The van der Waals surface area contributed by atoms with Crippen molar-refractivity contribution in [3.05, 3.63) is 62.2 Å². The number of nitro benzene ring substituents is 1. The Kier molecular flexibility index (Phi) is 4.51. The summed E-state index contributed by atoms with van der Waals surface area (Å²) in [7, 11) is 0. The second kappa shape index (κ2) is 6.33. The van der Waals surface area contributed by atoms with E-state index in [0.717, 1.165) is 3.57 Å². The van der Waals surface area contributed by atoms with Crippen LogP contribution in [0.25, 0.3) is 0 Å². The molecular formula is C13H10IN3O3. The zero-order valence-electron chi connectivity index (χ0n) is 10.2. The summed E-state index contributed by atoms with van der Waals surface area (Å²) < 4.78 is 0.996. The van der Waals surface area contributed by atoms with E-state index in [1.165, 1.54) is 18.2 Å². The van der Waals surface area contributed by atoms with Crippen molar-refractivity contribution in [1.82, 2.24) is 0 Å². The van der Waals surface area contributed by atoms with E-state index >= 15 is 0 Å². The van der Waals surface area contributed by atoms with Crippen molar-refractivity contribution in [2.24, 2.45) is 0 Å². The van der Waals surface area contributed by atoms with Crippen molar-refractivity contribution in [2.45, 2.75) is 0 Å². The molecule has 2 aromatic carbocycles. The first-order valence-corrected chi connectivity index (χ1v) is 6.70. The second-order valence-corrected chi connectivity index (χ2v) is 5.14. The Balaban J connectivity index is 2.04. The van der Waals surface area contributed by atoms with Gasteiger partial charge in [0.15, 0.2) is 0 Å². The molecule has 0 bridgehead atoms. The van der Waals surface area contributed by atoms with Crippen LogP contribution < -0.4 is 10.6 Å². The summed E-state index contributed by atoms with van der Waals surface area (Å²) in [5, 5.41) is 15.8. The lowest BCUT2D eigenvalue weighted by atomic mass is 10.3. The zero-order chi connectivity index (χ0) is 14.5. The van der Waals surface area contributed by atoms with Crippen molar-refractivity contribution >= 4 is 45.7 Å². The standard InChI is InChI=1S/C13H10IN3O3/c14-9-3-1-4-10(7-9)15-13(18)16-11-5-2-6-12(8-11)17(19)20/h1-8H,(H2,15,16,18). The molecular weight excluding hydrogens is 373 g/mol. The highest BCUT2D eigenvalue weighted by molar-refractivity contribution is 14.1. The zero-order valence-corrected chi connectivity index (χ0v) is 12.3. The number of halogens is 1. The summed E-state index contributed by atoms with van der Waals surface area (Å²) in [5.41, 5.74) is 0.944. The van der Waals surface area contributed by atoms with Crippen LogP contribution in [0.15, 0.2) is 48.5 Å². The van der Waals surface area contributed by atoms with Crippen molar-refractivity contribution in [3.8, 4) is 0 Å². The average molecular weight is 383 g/mol. The van der Waals surface area contributed by atoms with Crippen LogP contribution >= 0.6 is 22.6 Å². The summed E-state index contributed by atoms with van der Waals surface area (Å²) in [4.78, 5) is 21.9. The third-order valence-corrected chi connectivity index (χ3v) is 3.07. The van der Waals surface area contributed by atoms with E-state index in [-0.39, 0.29) is 5.69 Å². The minimum atomic E-state index is -0.511. The van der Waals surface area contributed by atoms with Gasteiger partial charge in [0, 0.05) is 27.1 Å². The van der Waals surface area contributed by atoms with Crippen molar-refractivity contribution in [3.63, 3.8) is 0 Å². The van der Waals surface area contributed by atoms with Gasteiger partial charge in [0.1, 0.15) is 0 Å².